The maximum absolute atomic E-state index is 11.9. The van der Waals surface area contributed by atoms with Crippen molar-refractivity contribution in [1.29, 1.82) is 0 Å². The molecular weight excluding hydrogens is 238 g/mol. The fourth-order valence-electron chi connectivity index (χ4n) is 2.33. The normalized spacial score (nSPS) is 18.2. The maximum Gasteiger partial charge on any atom is 0.160 e. The first-order chi connectivity index (χ1) is 9.20. The minimum atomic E-state index is 0.275. The van der Waals surface area contributed by atoms with Gasteiger partial charge < -0.3 is 10.1 Å². The number of ketones is 1. The lowest BCUT2D eigenvalue weighted by atomic mass is 10.1. The fraction of sp³-hybridized carbons (Fsp3) is 0.438. The second kappa shape index (κ2) is 6.41. The zero-order chi connectivity index (χ0) is 13.7. The van der Waals surface area contributed by atoms with Crippen molar-refractivity contribution in [3.8, 4) is 5.75 Å². The van der Waals surface area contributed by atoms with Gasteiger partial charge in [-0.15, -0.1) is 0 Å². The van der Waals surface area contributed by atoms with Gasteiger partial charge in [0.05, 0.1) is 12.8 Å². The highest BCUT2D eigenvalue weighted by atomic mass is 16.5. The number of carbonyl (C=O) groups is 1. The number of carbonyl (C=O) groups excluding carboxylic acids is 1. The molecule has 1 aromatic carbocycles. The number of rotatable bonds is 3. The largest absolute Gasteiger partial charge is 0.495 e. The molecule has 0 amide bonds. The number of nitrogens with one attached hydrogen (secondary N) is 1. The second-order valence-corrected chi connectivity index (χ2v) is 5.00. The molecule has 19 heavy (non-hydrogen) atoms. The van der Waals surface area contributed by atoms with Gasteiger partial charge in [-0.25, -0.2) is 0 Å². The molecule has 0 aliphatic heterocycles. The van der Waals surface area contributed by atoms with Crippen LogP contribution < -0.4 is 10.1 Å². The van der Waals surface area contributed by atoms with E-state index < -0.39 is 0 Å². The predicted molar refractivity (Wildman–Crippen MR) is 77.5 cm³/mol. The fourth-order valence-corrected chi connectivity index (χ4v) is 2.33. The van der Waals surface area contributed by atoms with E-state index >= 15 is 0 Å². The number of aryl methyl sites for hydroxylation is 1. The maximum atomic E-state index is 11.9. The lowest BCUT2D eigenvalue weighted by molar-refractivity contribution is -0.115. The third-order valence-corrected chi connectivity index (χ3v) is 3.46. The monoisotopic (exact) mass is 259 g/mol. The zero-order valence-electron chi connectivity index (χ0n) is 11.7. The van der Waals surface area contributed by atoms with E-state index in [1.165, 1.54) is 0 Å². The Balaban J connectivity index is 2.16. The van der Waals surface area contributed by atoms with Gasteiger partial charge in [0.2, 0.25) is 0 Å². The van der Waals surface area contributed by atoms with Crippen LogP contribution in [0, 0.1) is 6.92 Å². The summed E-state index contributed by atoms with van der Waals surface area (Å²) in [5, 5.41) is 3.23. The van der Waals surface area contributed by atoms with Gasteiger partial charge in [-0.05, 0) is 43.9 Å². The Morgan fingerprint density at radius 1 is 1.21 bits per heavy atom. The Hall–Kier alpha value is -1.77. The first kappa shape index (κ1) is 13.7. The molecule has 0 aromatic heterocycles. The molecule has 1 aliphatic rings. The molecular formula is C16H21NO2. The molecule has 1 N–H and O–H groups in total. The number of methoxy groups -OCH3 is 1. The molecule has 0 spiro atoms. The summed E-state index contributed by atoms with van der Waals surface area (Å²) in [6, 6.07) is 5.97. The van der Waals surface area contributed by atoms with Crippen LogP contribution in [0.4, 0.5) is 5.69 Å². The molecule has 1 aliphatic carbocycles. The van der Waals surface area contributed by atoms with E-state index in [1.54, 1.807) is 7.11 Å². The molecule has 0 unspecified atom stereocenters. The molecule has 3 heteroatoms. The average Bonchev–Trinajstić information content (AvgIpc) is 2.61. The van der Waals surface area contributed by atoms with Crippen LogP contribution in [0.5, 0.6) is 5.75 Å². The van der Waals surface area contributed by atoms with Gasteiger partial charge >= 0.3 is 0 Å². The average molecular weight is 259 g/mol. The highest BCUT2D eigenvalue weighted by Crippen LogP contribution is 2.26. The number of hydrogen-bond acceptors (Lipinski definition) is 3. The Bertz CT molecular complexity index is 492. The van der Waals surface area contributed by atoms with Crippen molar-refractivity contribution >= 4 is 11.5 Å². The van der Waals surface area contributed by atoms with Crippen LogP contribution in [0.3, 0.4) is 0 Å². The standard InChI is InChI=1S/C16H21NO2/c1-12-8-9-16(19-2)14(10-12)17-11-13-6-4-3-5-7-15(13)18/h8-11,17H,3-7H2,1-2H3. The third-order valence-electron chi connectivity index (χ3n) is 3.46. The number of allylic oxidation sites excluding steroid dienone is 1. The van der Waals surface area contributed by atoms with Crippen molar-refractivity contribution in [3.05, 3.63) is 35.5 Å². The summed E-state index contributed by atoms with van der Waals surface area (Å²) in [6.07, 6.45) is 6.67. The number of hydrogen-bond donors (Lipinski definition) is 1. The van der Waals surface area contributed by atoms with Crippen LogP contribution in [0.1, 0.15) is 37.7 Å². The molecule has 2 rings (SSSR count). The lowest BCUT2D eigenvalue weighted by Crippen LogP contribution is -2.03. The first-order valence-corrected chi connectivity index (χ1v) is 6.84. The summed E-state index contributed by atoms with van der Waals surface area (Å²) in [5.41, 5.74) is 2.97. The van der Waals surface area contributed by atoms with E-state index in [0.717, 1.165) is 48.3 Å². The van der Waals surface area contributed by atoms with Gasteiger partial charge in [-0.3, -0.25) is 4.79 Å². The van der Waals surface area contributed by atoms with E-state index in [0.29, 0.717) is 6.42 Å². The summed E-state index contributed by atoms with van der Waals surface area (Å²) < 4.78 is 5.32. The smallest absolute Gasteiger partial charge is 0.160 e. The Kier molecular flexibility index (Phi) is 4.61. The van der Waals surface area contributed by atoms with Gasteiger partial charge in [0.1, 0.15) is 5.75 Å². The van der Waals surface area contributed by atoms with Crippen molar-refractivity contribution in [2.75, 3.05) is 12.4 Å². The van der Waals surface area contributed by atoms with Crippen LogP contribution >= 0.6 is 0 Å². The molecule has 0 heterocycles. The molecule has 3 nitrogen and oxygen atoms in total. The van der Waals surface area contributed by atoms with Crippen LogP contribution in [-0.4, -0.2) is 12.9 Å². The third kappa shape index (κ3) is 3.60. The van der Waals surface area contributed by atoms with E-state index in [2.05, 4.69) is 5.32 Å². The van der Waals surface area contributed by atoms with Crippen molar-refractivity contribution in [2.45, 2.75) is 39.0 Å². The zero-order valence-corrected chi connectivity index (χ0v) is 11.7. The van der Waals surface area contributed by atoms with Crippen molar-refractivity contribution in [3.63, 3.8) is 0 Å². The Morgan fingerprint density at radius 3 is 2.79 bits per heavy atom. The molecule has 1 fully saturated rings. The molecule has 0 atom stereocenters. The van der Waals surface area contributed by atoms with Crippen LogP contribution in [0.2, 0.25) is 0 Å². The molecule has 1 saturated carbocycles. The van der Waals surface area contributed by atoms with Gasteiger partial charge in [0.25, 0.3) is 0 Å². The second-order valence-electron chi connectivity index (χ2n) is 5.00. The van der Waals surface area contributed by atoms with Crippen LogP contribution in [0.15, 0.2) is 30.0 Å². The highest BCUT2D eigenvalue weighted by Gasteiger charge is 2.13. The first-order valence-electron chi connectivity index (χ1n) is 6.84. The molecule has 102 valence electrons. The Labute approximate surface area is 114 Å². The van der Waals surface area contributed by atoms with E-state index in [-0.39, 0.29) is 5.78 Å². The number of anilines is 1. The SMILES string of the molecule is COc1ccc(C)cc1NC=C1CCCCCC1=O. The highest BCUT2D eigenvalue weighted by molar-refractivity contribution is 5.95. The van der Waals surface area contributed by atoms with Crippen molar-refractivity contribution in [2.24, 2.45) is 0 Å². The molecule has 0 radical (unpaired) electrons. The summed E-state index contributed by atoms with van der Waals surface area (Å²) in [4.78, 5) is 11.9. The van der Waals surface area contributed by atoms with Crippen molar-refractivity contribution < 1.29 is 9.53 Å². The van der Waals surface area contributed by atoms with Crippen LogP contribution in [0.25, 0.3) is 0 Å². The van der Waals surface area contributed by atoms with Gasteiger partial charge in [0.15, 0.2) is 5.78 Å². The Morgan fingerprint density at radius 2 is 2.00 bits per heavy atom. The quantitative estimate of drug-likeness (QED) is 0.662. The van der Waals surface area contributed by atoms with Gasteiger partial charge in [0, 0.05) is 18.2 Å². The molecule has 0 bridgehead atoms. The summed E-state index contributed by atoms with van der Waals surface area (Å²) in [5.74, 6) is 1.07. The summed E-state index contributed by atoms with van der Waals surface area (Å²) in [7, 11) is 1.65. The lowest BCUT2D eigenvalue weighted by Gasteiger charge is -2.10. The van der Waals surface area contributed by atoms with E-state index in [9.17, 15) is 4.79 Å². The summed E-state index contributed by atoms with van der Waals surface area (Å²) >= 11 is 0. The number of benzene rings is 1. The predicted octanol–water partition coefficient (Wildman–Crippen LogP) is 3.83. The minimum absolute atomic E-state index is 0.275. The van der Waals surface area contributed by atoms with Crippen molar-refractivity contribution in [1.82, 2.24) is 0 Å². The molecule has 1 aromatic rings. The number of ether oxygens (including phenoxy) is 1. The molecule has 0 saturated heterocycles. The topological polar surface area (TPSA) is 38.3 Å². The minimum Gasteiger partial charge on any atom is -0.495 e. The van der Waals surface area contributed by atoms with E-state index in [1.807, 2.05) is 31.3 Å². The van der Waals surface area contributed by atoms with Gasteiger partial charge in [-0.1, -0.05) is 12.5 Å². The summed E-state index contributed by atoms with van der Waals surface area (Å²) in [6.45, 7) is 2.04. The number of Topliss-reactive ketones (excluding diaryl/α,β-unsaturated/α-hetero) is 1. The van der Waals surface area contributed by atoms with Gasteiger partial charge in [-0.2, -0.15) is 0 Å². The van der Waals surface area contributed by atoms with Crippen LogP contribution in [-0.2, 0) is 4.79 Å². The van der Waals surface area contributed by atoms with E-state index in [4.69, 9.17) is 4.74 Å².